The van der Waals surface area contributed by atoms with Gasteiger partial charge in [0.2, 0.25) is 0 Å². The number of ether oxygens (including phenoxy) is 1. The first-order chi connectivity index (χ1) is 14.2. The molecule has 150 valence electrons. The summed E-state index contributed by atoms with van der Waals surface area (Å²) in [6.45, 7) is 5.96. The van der Waals surface area contributed by atoms with E-state index < -0.39 is 6.10 Å². The minimum atomic E-state index is -0.521. The van der Waals surface area contributed by atoms with E-state index in [-0.39, 0.29) is 5.91 Å². The summed E-state index contributed by atoms with van der Waals surface area (Å²) in [7, 11) is 0. The number of amides is 1. The SMILES string of the molecule is CCCNC(=O)C1CN(Cc2ccc(-n3cncn3)c(C)c2)c2ccccc2O1. The van der Waals surface area contributed by atoms with Gasteiger partial charge in [-0.2, -0.15) is 5.10 Å². The number of fused-ring (bicyclic) bond motifs is 1. The molecule has 1 aliphatic rings. The van der Waals surface area contributed by atoms with Crippen molar-refractivity contribution in [2.75, 3.05) is 18.0 Å². The molecule has 1 N–H and O–H groups in total. The summed E-state index contributed by atoms with van der Waals surface area (Å²) < 4.78 is 7.74. The highest BCUT2D eigenvalue weighted by Gasteiger charge is 2.30. The van der Waals surface area contributed by atoms with Gasteiger partial charge in [-0.3, -0.25) is 4.79 Å². The molecule has 0 fully saturated rings. The van der Waals surface area contributed by atoms with Crippen LogP contribution in [0.4, 0.5) is 5.69 Å². The number of rotatable bonds is 6. The summed E-state index contributed by atoms with van der Waals surface area (Å²) >= 11 is 0. The molecule has 29 heavy (non-hydrogen) atoms. The third-order valence-corrected chi connectivity index (χ3v) is 5.00. The Kier molecular flexibility index (Phi) is 5.46. The molecule has 1 aliphatic heterocycles. The standard InChI is InChI=1S/C22H25N5O2/c1-3-10-24-22(28)21-13-26(19-6-4-5-7-20(19)29-21)12-17-8-9-18(16(2)11-17)27-15-23-14-25-27/h4-9,11,14-15,21H,3,10,12-13H2,1-2H3,(H,24,28). The molecular weight excluding hydrogens is 366 g/mol. The molecule has 1 unspecified atom stereocenters. The fourth-order valence-electron chi connectivity index (χ4n) is 3.58. The molecule has 2 aromatic carbocycles. The first-order valence-corrected chi connectivity index (χ1v) is 9.88. The van der Waals surface area contributed by atoms with Gasteiger partial charge in [-0.05, 0) is 42.7 Å². The van der Waals surface area contributed by atoms with Crippen LogP contribution in [0.3, 0.4) is 0 Å². The highest BCUT2D eigenvalue weighted by atomic mass is 16.5. The molecule has 1 amide bonds. The van der Waals surface area contributed by atoms with Gasteiger partial charge in [-0.1, -0.05) is 31.2 Å². The van der Waals surface area contributed by atoms with Crippen LogP contribution in [0.5, 0.6) is 5.75 Å². The van der Waals surface area contributed by atoms with Crippen molar-refractivity contribution >= 4 is 11.6 Å². The number of hydrogen-bond donors (Lipinski definition) is 1. The minimum absolute atomic E-state index is 0.0657. The van der Waals surface area contributed by atoms with Crippen LogP contribution in [0, 0.1) is 6.92 Å². The maximum Gasteiger partial charge on any atom is 0.262 e. The fourth-order valence-corrected chi connectivity index (χ4v) is 3.58. The van der Waals surface area contributed by atoms with Gasteiger partial charge in [-0.15, -0.1) is 0 Å². The number of nitrogens with one attached hydrogen (secondary N) is 1. The van der Waals surface area contributed by atoms with Gasteiger partial charge in [0.15, 0.2) is 6.10 Å². The van der Waals surface area contributed by atoms with Crippen molar-refractivity contribution in [3.63, 3.8) is 0 Å². The second-order valence-electron chi connectivity index (χ2n) is 7.21. The zero-order valence-electron chi connectivity index (χ0n) is 16.7. The maximum absolute atomic E-state index is 12.5. The van der Waals surface area contributed by atoms with Gasteiger partial charge in [0, 0.05) is 13.1 Å². The van der Waals surface area contributed by atoms with Crippen LogP contribution in [0.25, 0.3) is 5.69 Å². The Bertz CT molecular complexity index is 987. The third-order valence-electron chi connectivity index (χ3n) is 5.00. The topological polar surface area (TPSA) is 72.3 Å². The predicted octanol–water partition coefficient (Wildman–Crippen LogP) is 2.87. The van der Waals surface area contributed by atoms with Gasteiger partial charge in [0.1, 0.15) is 18.4 Å². The van der Waals surface area contributed by atoms with Crippen LogP contribution in [0.1, 0.15) is 24.5 Å². The Hall–Kier alpha value is -3.35. The predicted molar refractivity (Wildman–Crippen MR) is 111 cm³/mol. The van der Waals surface area contributed by atoms with E-state index in [2.05, 4.69) is 45.4 Å². The van der Waals surface area contributed by atoms with Crippen LogP contribution in [-0.2, 0) is 11.3 Å². The highest BCUT2D eigenvalue weighted by Crippen LogP contribution is 2.34. The van der Waals surface area contributed by atoms with E-state index in [9.17, 15) is 4.79 Å². The Morgan fingerprint density at radius 2 is 2.10 bits per heavy atom. The monoisotopic (exact) mass is 391 g/mol. The molecule has 0 aliphatic carbocycles. The summed E-state index contributed by atoms with van der Waals surface area (Å²) in [6, 6.07) is 14.2. The third kappa shape index (κ3) is 4.08. The van der Waals surface area contributed by atoms with Crippen molar-refractivity contribution < 1.29 is 9.53 Å². The molecule has 0 saturated heterocycles. The summed E-state index contributed by atoms with van der Waals surface area (Å²) in [4.78, 5) is 18.7. The van der Waals surface area contributed by atoms with E-state index >= 15 is 0 Å². The average molecular weight is 391 g/mol. The molecule has 7 heteroatoms. The molecule has 7 nitrogen and oxygen atoms in total. The van der Waals surface area contributed by atoms with E-state index in [1.54, 1.807) is 11.0 Å². The molecule has 0 spiro atoms. The summed E-state index contributed by atoms with van der Waals surface area (Å²) in [5, 5.41) is 7.15. The number of anilines is 1. The van der Waals surface area contributed by atoms with Crippen molar-refractivity contribution in [1.82, 2.24) is 20.1 Å². The van der Waals surface area contributed by atoms with Crippen molar-refractivity contribution in [3.8, 4) is 11.4 Å². The zero-order valence-corrected chi connectivity index (χ0v) is 16.7. The van der Waals surface area contributed by atoms with Crippen molar-refractivity contribution in [1.29, 1.82) is 0 Å². The number of carbonyl (C=O) groups excluding carboxylic acids is 1. The summed E-state index contributed by atoms with van der Waals surface area (Å²) in [6.07, 6.45) is 3.60. The number of para-hydroxylation sites is 2. The Morgan fingerprint density at radius 3 is 2.86 bits per heavy atom. The molecule has 2 heterocycles. The minimum Gasteiger partial charge on any atom is -0.477 e. The van der Waals surface area contributed by atoms with Crippen LogP contribution in [-0.4, -0.2) is 39.9 Å². The highest BCUT2D eigenvalue weighted by molar-refractivity contribution is 5.83. The number of benzene rings is 2. The van der Waals surface area contributed by atoms with Crippen LogP contribution >= 0.6 is 0 Å². The molecule has 0 bridgehead atoms. The quantitative estimate of drug-likeness (QED) is 0.700. The normalized spacial score (nSPS) is 15.5. The van der Waals surface area contributed by atoms with E-state index in [4.69, 9.17) is 4.74 Å². The molecule has 0 saturated carbocycles. The average Bonchev–Trinajstić information content (AvgIpc) is 3.26. The summed E-state index contributed by atoms with van der Waals surface area (Å²) in [5.41, 5.74) is 4.29. The lowest BCUT2D eigenvalue weighted by Gasteiger charge is -2.35. The van der Waals surface area contributed by atoms with Crippen LogP contribution in [0.2, 0.25) is 0 Å². The second-order valence-corrected chi connectivity index (χ2v) is 7.21. The molecule has 3 aromatic rings. The fraction of sp³-hybridized carbons (Fsp3) is 0.318. The number of aromatic nitrogens is 3. The maximum atomic E-state index is 12.5. The first kappa shape index (κ1) is 19.0. The van der Waals surface area contributed by atoms with E-state index in [1.807, 2.05) is 31.2 Å². The van der Waals surface area contributed by atoms with Crippen molar-refractivity contribution in [3.05, 3.63) is 66.2 Å². The summed E-state index contributed by atoms with van der Waals surface area (Å²) in [5.74, 6) is 0.676. The zero-order chi connectivity index (χ0) is 20.2. The van der Waals surface area contributed by atoms with Gasteiger partial charge >= 0.3 is 0 Å². The van der Waals surface area contributed by atoms with E-state index in [0.29, 0.717) is 19.6 Å². The number of aryl methyl sites for hydroxylation is 1. The van der Waals surface area contributed by atoms with E-state index in [1.165, 1.54) is 6.33 Å². The second kappa shape index (κ2) is 8.34. The van der Waals surface area contributed by atoms with Gasteiger partial charge in [-0.25, -0.2) is 9.67 Å². The number of carbonyl (C=O) groups is 1. The van der Waals surface area contributed by atoms with Gasteiger partial charge in [0.25, 0.3) is 5.91 Å². The number of nitrogens with zero attached hydrogens (tertiary/aromatic N) is 4. The molecule has 4 rings (SSSR count). The van der Waals surface area contributed by atoms with Gasteiger partial charge in [0.05, 0.1) is 17.9 Å². The van der Waals surface area contributed by atoms with Crippen LogP contribution in [0.15, 0.2) is 55.1 Å². The van der Waals surface area contributed by atoms with Crippen molar-refractivity contribution in [2.45, 2.75) is 32.9 Å². The smallest absolute Gasteiger partial charge is 0.262 e. The molecule has 0 radical (unpaired) electrons. The lowest BCUT2D eigenvalue weighted by Crippen LogP contribution is -2.48. The van der Waals surface area contributed by atoms with Gasteiger partial charge < -0.3 is 15.0 Å². The lowest BCUT2D eigenvalue weighted by atomic mass is 10.1. The molecule has 1 atom stereocenters. The molecular formula is C22H25N5O2. The number of hydrogen-bond acceptors (Lipinski definition) is 5. The lowest BCUT2D eigenvalue weighted by molar-refractivity contribution is -0.127. The van der Waals surface area contributed by atoms with Crippen LogP contribution < -0.4 is 15.0 Å². The first-order valence-electron chi connectivity index (χ1n) is 9.88. The molecule has 1 aromatic heterocycles. The largest absolute Gasteiger partial charge is 0.477 e. The van der Waals surface area contributed by atoms with E-state index in [0.717, 1.165) is 34.7 Å². The van der Waals surface area contributed by atoms with Crippen molar-refractivity contribution in [2.24, 2.45) is 0 Å². The Balaban J connectivity index is 1.56. The Labute approximate surface area is 170 Å². The Morgan fingerprint density at radius 1 is 1.24 bits per heavy atom.